The molecule has 0 spiro atoms. The van der Waals surface area contributed by atoms with Gasteiger partial charge in [-0.25, -0.2) is 0 Å². The number of carbonyl (C=O) groups excluding carboxylic acids is 1. The van der Waals surface area contributed by atoms with E-state index in [-0.39, 0.29) is 12.5 Å². The number of hydrogen-bond donors (Lipinski definition) is 1. The largest absolute Gasteiger partial charge is 0.369 e. The van der Waals surface area contributed by atoms with E-state index in [9.17, 15) is 4.79 Å². The van der Waals surface area contributed by atoms with Gasteiger partial charge in [0.1, 0.15) is 5.69 Å². The first-order chi connectivity index (χ1) is 9.04. The van der Waals surface area contributed by atoms with Crippen LogP contribution in [-0.2, 0) is 11.3 Å². The molecular formula is C13H14ClN3O2. The van der Waals surface area contributed by atoms with Gasteiger partial charge in [-0.1, -0.05) is 28.9 Å². The van der Waals surface area contributed by atoms with E-state index >= 15 is 0 Å². The van der Waals surface area contributed by atoms with Gasteiger partial charge >= 0.3 is 0 Å². The second kappa shape index (κ2) is 5.86. The summed E-state index contributed by atoms with van der Waals surface area (Å²) in [7, 11) is 1.79. The van der Waals surface area contributed by atoms with Crippen LogP contribution < -0.4 is 5.73 Å². The smallest absolute Gasteiger partial charge is 0.231 e. The van der Waals surface area contributed by atoms with Crippen LogP contribution in [0.25, 0.3) is 11.3 Å². The molecule has 1 heterocycles. The van der Waals surface area contributed by atoms with E-state index in [0.29, 0.717) is 17.3 Å². The van der Waals surface area contributed by atoms with Gasteiger partial charge in [-0.3, -0.25) is 9.69 Å². The van der Waals surface area contributed by atoms with Gasteiger partial charge in [-0.15, -0.1) is 0 Å². The number of likely N-dealkylation sites (N-methyl/N-ethyl adjacent to an activating group) is 1. The quantitative estimate of drug-likeness (QED) is 0.907. The molecule has 0 aliphatic heterocycles. The molecule has 0 unspecified atom stereocenters. The summed E-state index contributed by atoms with van der Waals surface area (Å²) in [5, 5.41) is 4.66. The first-order valence-electron chi connectivity index (χ1n) is 5.73. The number of carbonyl (C=O) groups is 1. The SMILES string of the molecule is CN(CC(N)=O)Cc1cc(-c2ccc(Cl)cc2)no1. The lowest BCUT2D eigenvalue weighted by molar-refractivity contribution is -0.119. The molecule has 0 fully saturated rings. The summed E-state index contributed by atoms with van der Waals surface area (Å²) < 4.78 is 5.22. The Labute approximate surface area is 115 Å². The van der Waals surface area contributed by atoms with Gasteiger partial charge < -0.3 is 10.3 Å². The van der Waals surface area contributed by atoms with Gasteiger partial charge in [0.2, 0.25) is 5.91 Å². The van der Waals surface area contributed by atoms with Crippen molar-refractivity contribution >= 4 is 17.5 Å². The number of hydrogen-bond acceptors (Lipinski definition) is 4. The Balaban J connectivity index is 2.06. The molecular weight excluding hydrogens is 266 g/mol. The lowest BCUT2D eigenvalue weighted by Gasteiger charge is -2.11. The minimum Gasteiger partial charge on any atom is -0.369 e. The van der Waals surface area contributed by atoms with Crippen molar-refractivity contribution in [2.45, 2.75) is 6.54 Å². The predicted octanol–water partition coefficient (Wildman–Crippen LogP) is 1.91. The number of aromatic nitrogens is 1. The molecule has 2 N–H and O–H groups in total. The molecule has 0 aliphatic rings. The van der Waals surface area contributed by atoms with E-state index in [2.05, 4.69) is 5.16 Å². The fourth-order valence-electron chi connectivity index (χ4n) is 1.73. The summed E-state index contributed by atoms with van der Waals surface area (Å²) >= 11 is 5.83. The molecule has 5 nitrogen and oxygen atoms in total. The molecule has 0 atom stereocenters. The highest BCUT2D eigenvalue weighted by molar-refractivity contribution is 6.30. The summed E-state index contributed by atoms with van der Waals surface area (Å²) in [6.45, 7) is 0.653. The molecule has 0 saturated heterocycles. The van der Waals surface area contributed by atoms with Crippen LogP contribution in [0.5, 0.6) is 0 Å². The second-order valence-electron chi connectivity index (χ2n) is 4.32. The molecule has 100 valence electrons. The first-order valence-corrected chi connectivity index (χ1v) is 6.11. The van der Waals surface area contributed by atoms with Gasteiger partial charge in [-0.2, -0.15) is 0 Å². The molecule has 2 aromatic rings. The molecule has 2 rings (SSSR count). The van der Waals surface area contributed by atoms with E-state index in [4.69, 9.17) is 21.9 Å². The van der Waals surface area contributed by atoms with E-state index in [1.54, 1.807) is 24.1 Å². The highest BCUT2D eigenvalue weighted by atomic mass is 35.5. The molecule has 1 aromatic heterocycles. The van der Waals surface area contributed by atoms with E-state index in [0.717, 1.165) is 11.3 Å². The normalized spacial score (nSPS) is 10.9. The highest BCUT2D eigenvalue weighted by Gasteiger charge is 2.10. The van der Waals surface area contributed by atoms with Crippen LogP contribution >= 0.6 is 11.6 Å². The summed E-state index contributed by atoms with van der Waals surface area (Å²) in [4.78, 5) is 12.5. The zero-order valence-corrected chi connectivity index (χ0v) is 11.2. The van der Waals surface area contributed by atoms with Crippen LogP contribution in [-0.4, -0.2) is 29.6 Å². The van der Waals surface area contributed by atoms with Crippen molar-refractivity contribution in [2.75, 3.05) is 13.6 Å². The van der Waals surface area contributed by atoms with Gasteiger partial charge in [0.05, 0.1) is 13.1 Å². The number of primary amides is 1. The molecule has 6 heteroatoms. The number of amides is 1. The van der Waals surface area contributed by atoms with Crippen LogP contribution in [0.3, 0.4) is 0 Å². The standard InChI is InChI=1S/C13H14ClN3O2/c1-17(8-13(15)18)7-11-6-12(16-19-11)9-2-4-10(14)5-3-9/h2-6H,7-8H2,1H3,(H2,15,18). The third-order valence-electron chi connectivity index (χ3n) is 2.55. The molecule has 0 aliphatic carbocycles. The van der Waals surface area contributed by atoms with Crippen molar-refractivity contribution in [1.29, 1.82) is 0 Å². The first kappa shape index (κ1) is 13.6. The van der Waals surface area contributed by atoms with Crippen molar-refractivity contribution in [3.05, 3.63) is 41.1 Å². The maximum Gasteiger partial charge on any atom is 0.231 e. The van der Waals surface area contributed by atoms with E-state index < -0.39 is 0 Å². The summed E-state index contributed by atoms with van der Waals surface area (Å²) in [6.07, 6.45) is 0. The third-order valence-corrected chi connectivity index (χ3v) is 2.80. The van der Waals surface area contributed by atoms with Crippen molar-refractivity contribution < 1.29 is 9.32 Å². The molecule has 0 radical (unpaired) electrons. The fourth-order valence-corrected chi connectivity index (χ4v) is 1.86. The second-order valence-corrected chi connectivity index (χ2v) is 4.76. The maximum atomic E-state index is 10.8. The highest BCUT2D eigenvalue weighted by Crippen LogP contribution is 2.21. The Morgan fingerprint density at radius 2 is 2.11 bits per heavy atom. The number of halogens is 1. The van der Waals surface area contributed by atoms with Crippen LogP contribution in [0, 0.1) is 0 Å². The number of nitrogens with zero attached hydrogens (tertiary/aromatic N) is 2. The van der Waals surface area contributed by atoms with Crippen molar-refractivity contribution in [2.24, 2.45) is 5.73 Å². The van der Waals surface area contributed by atoms with Crippen molar-refractivity contribution in [1.82, 2.24) is 10.1 Å². The van der Waals surface area contributed by atoms with Gasteiger partial charge in [-0.05, 0) is 19.2 Å². The number of rotatable bonds is 5. The van der Waals surface area contributed by atoms with E-state index in [1.807, 2.05) is 18.2 Å². The molecule has 0 bridgehead atoms. The maximum absolute atomic E-state index is 10.8. The van der Waals surface area contributed by atoms with Gasteiger partial charge in [0, 0.05) is 16.7 Å². The average Bonchev–Trinajstić information content (AvgIpc) is 2.77. The number of nitrogens with two attached hydrogens (primary N) is 1. The Morgan fingerprint density at radius 1 is 1.42 bits per heavy atom. The molecule has 1 aromatic carbocycles. The number of benzene rings is 1. The zero-order valence-electron chi connectivity index (χ0n) is 10.5. The molecule has 19 heavy (non-hydrogen) atoms. The summed E-state index contributed by atoms with van der Waals surface area (Å²) in [6, 6.07) is 9.17. The monoisotopic (exact) mass is 279 g/mol. The predicted molar refractivity (Wildman–Crippen MR) is 72.5 cm³/mol. The third kappa shape index (κ3) is 3.81. The minimum absolute atomic E-state index is 0.178. The van der Waals surface area contributed by atoms with Crippen LogP contribution in [0.1, 0.15) is 5.76 Å². The van der Waals surface area contributed by atoms with Crippen molar-refractivity contribution in [3.8, 4) is 11.3 Å². The fraction of sp³-hybridized carbons (Fsp3) is 0.231. The lowest BCUT2D eigenvalue weighted by Crippen LogP contribution is -2.30. The summed E-state index contributed by atoms with van der Waals surface area (Å²) in [5.41, 5.74) is 6.78. The summed E-state index contributed by atoms with van der Waals surface area (Å²) in [5.74, 6) is 0.300. The Morgan fingerprint density at radius 3 is 2.74 bits per heavy atom. The Bertz CT molecular complexity index is 566. The molecule has 0 saturated carbocycles. The topological polar surface area (TPSA) is 72.4 Å². The van der Waals surface area contributed by atoms with E-state index in [1.165, 1.54) is 0 Å². The van der Waals surface area contributed by atoms with Crippen LogP contribution in [0.4, 0.5) is 0 Å². The van der Waals surface area contributed by atoms with Gasteiger partial charge in [0.15, 0.2) is 5.76 Å². The average molecular weight is 280 g/mol. The van der Waals surface area contributed by atoms with Crippen LogP contribution in [0.15, 0.2) is 34.9 Å². The molecule has 1 amide bonds. The lowest BCUT2D eigenvalue weighted by atomic mass is 10.1. The van der Waals surface area contributed by atoms with Gasteiger partial charge in [0.25, 0.3) is 0 Å². The van der Waals surface area contributed by atoms with Crippen LogP contribution in [0.2, 0.25) is 5.02 Å². The van der Waals surface area contributed by atoms with Crippen molar-refractivity contribution in [3.63, 3.8) is 0 Å². The Kier molecular flexibility index (Phi) is 4.19. The minimum atomic E-state index is -0.375. The zero-order chi connectivity index (χ0) is 13.8. The Hall–Kier alpha value is -1.85.